The molecule has 0 bridgehead atoms. The molecule has 1 aliphatic rings. The summed E-state index contributed by atoms with van der Waals surface area (Å²) in [7, 11) is 3.90. The average Bonchev–Trinajstić information content (AvgIpc) is 2.46. The van der Waals surface area contributed by atoms with E-state index < -0.39 is 5.60 Å². The number of rotatable bonds is 5. The predicted molar refractivity (Wildman–Crippen MR) is 82.0 cm³/mol. The maximum absolute atomic E-state index is 10.7. The van der Waals surface area contributed by atoms with Crippen molar-refractivity contribution in [3.63, 3.8) is 0 Å². The van der Waals surface area contributed by atoms with Crippen molar-refractivity contribution in [2.24, 2.45) is 5.92 Å². The fourth-order valence-corrected chi connectivity index (χ4v) is 2.81. The Bertz CT molecular complexity index is 428. The molecule has 0 aromatic carbocycles. The summed E-state index contributed by atoms with van der Waals surface area (Å²) in [4.78, 5) is 10.6. The number of hydrogen-bond donors (Lipinski definition) is 2. The minimum Gasteiger partial charge on any atom is -0.388 e. The van der Waals surface area contributed by atoms with Crippen LogP contribution < -0.4 is 10.2 Å². The Balaban J connectivity index is 1.94. The molecule has 1 saturated carbocycles. The number of aliphatic hydroxyl groups is 1. The lowest BCUT2D eigenvalue weighted by atomic mass is 9.78. The zero-order valence-corrected chi connectivity index (χ0v) is 12.8. The van der Waals surface area contributed by atoms with Gasteiger partial charge in [0.2, 0.25) is 5.95 Å². The summed E-state index contributed by atoms with van der Waals surface area (Å²) in [5.74, 6) is 1.81. The molecule has 0 saturated heterocycles. The van der Waals surface area contributed by atoms with Gasteiger partial charge in [0.05, 0.1) is 5.60 Å². The third kappa shape index (κ3) is 3.82. The Morgan fingerprint density at radius 1 is 1.35 bits per heavy atom. The molecule has 0 spiro atoms. The van der Waals surface area contributed by atoms with Crippen LogP contribution in [0.25, 0.3) is 0 Å². The highest BCUT2D eigenvalue weighted by atomic mass is 16.3. The Hall–Kier alpha value is -1.36. The minimum atomic E-state index is -0.697. The summed E-state index contributed by atoms with van der Waals surface area (Å²) < 4.78 is 0. The van der Waals surface area contributed by atoms with Crippen molar-refractivity contribution in [1.29, 1.82) is 0 Å². The molecule has 1 aromatic heterocycles. The standard InChI is InChI=1S/C15H26N4O/c1-15(20,12-7-5-4-6-8-12)11-17-14-16-10-9-13(18-14)19(2)3/h9-10,12,20H,4-8,11H2,1-3H3,(H,16,17,18). The van der Waals surface area contributed by atoms with Gasteiger partial charge in [0.25, 0.3) is 0 Å². The third-order valence-corrected chi connectivity index (χ3v) is 4.19. The molecular weight excluding hydrogens is 252 g/mol. The zero-order valence-electron chi connectivity index (χ0n) is 12.8. The molecule has 1 atom stereocenters. The van der Waals surface area contributed by atoms with E-state index in [9.17, 15) is 5.11 Å². The highest BCUT2D eigenvalue weighted by Gasteiger charge is 2.32. The first kappa shape index (κ1) is 15.0. The summed E-state index contributed by atoms with van der Waals surface area (Å²) in [6.07, 6.45) is 7.73. The van der Waals surface area contributed by atoms with Crippen molar-refractivity contribution in [3.8, 4) is 0 Å². The molecule has 1 fully saturated rings. The van der Waals surface area contributed by atoms with Crippen LogP contribution in [0.15, 0.2) is 12.3 Å². The second-order valence-corrected chi connectivity index (χ2v) is 6.18. The normalized spacial score (nSPS) is 19.4. The molecule has 2 N–H and O–H groups in total. The second kappa shape index (κ2) is 6.39. The lowest BCUT2D eigenvalue weighted by Crippen LogP contribution is -2.42. The number of anilines is 2. The van der Waals surface area contributed by atoms with Crippen LogP contribution in [0.4, 0.5) is 11.8 Å². The number of nitrogens with zero attached hydrogens (tertiary/aromatic N) is 3. The smallest absolute Gasteiger partial charge is 0.224 e. The lowest BCUT2D eigenvalue weighted by Gasteiger charge is -2.35. The van der Waals surface area contributed by atoms with Gasteiger partial charge in [0, 0.05) is 26.8 Å². The van der Waals surface area contributed by atoms with Crippen molar-refractivity contribution >= 4 is 11.8 Å². The van der Waals surface area contributed by atoms with Crippen LogP contribution in [0.5, 0.6) is 0 Å². The summed E-state index contributed by atoms with van der Waals surface area (Å²) in [5.41, 5.74) is -0.697. The number of aromatic nitrogens is 2. The minimum absolute atomic E-state index is 0.376. The van der Waals surface area contributed by atoms with Crippen molar-refractivity contribution in [3.05, 3.63) is 12.3 Å². The SMILES string of the molecule is CN(C)c1ccnc(NCC(C)(O)C2CCCCC2)n1. The summed E-state index contributed by atoms with van der Waals surface area (Å²) in [6, 6.07) is 1.87. The zero-order chi connectivity index (χ0) is 14.6. The molecule has 1 heterocycles. The first-order valence-electron chi connectivity index (χ1n) is 7.45. The maximum Gasteiger partial charge on any atom is 0.224 e. The summed E-state index contributed by atoms with van der Waals surface area (Å²) in [5, 5.41) is 13.8. The third-order valence-electron chi connectivity index (χ3n) is 4.19. The molecule has 0 radical (unpaired) electrons. The van der Waals surface area contributed by atoms with E-state index in [1.54, 1.807) is 6.20 Å². The van der Waals surface area contributed by atoms with Crippen LogP contribution in [0.2, 0.25) is 0 Å². The van der Waals surface area contributed by atoms with Crippen LogP contribution in [0.1, 0.15) is 39.0 Å². The highest BCUT2D eigenvalue weighted by molar-refractivity contribution is 5.40. The fraction of sp³-hybridized carbons (Fsp3) is 0.733. The van der Waals surface area contributed by atoms with Crippen molar-refractivity contribution in [2.75, 3.05) is 30.9 Å². The Kier molecular flexibility index (Phi) is 4.81. The Morgan fingerprint density at radius 2 is 2.05 bits per heavy atom. The monoisotopic (exact) mass is 278 g/mol. The van der Waals surface area contributed by atoms with Gasteiger partial charge in [-0.15, -0.1) is 0 Å². The predicted octanol–water partition coefficient (Wildman–Crippen LogP) is 2.29. The molecule has 0 amide bonds. The van der Waals surface area contributed by atoms with E-state index in [4.69, 9.17) is 0 Å². The molecular formula is C15H26N4O. The number of hydrogen-bond acceptors (Lipinski definition) is 5. The van der Waals surface area contributed by atoms with Crippen LogP contribution >= 0.6 is 0 Å². The summed E-state index contributed by atoms with van der Waals surface area (Å²) in [6.45, 7) is 2.42. The van der Waals surface area contributed by atoms with E-state index in [2.05, 4.69) is 15.3 Å². The molecule has 1 unspecified atom stereocenters. The molecule has 5 nitrogen and oxygen atoms in total. The fourth-order valence-electron chi connectivity index (χ4n) is 2.81. The molecule has 5 heteroatoms. The summed E-state index contributed by atoms with van der Waals surface area (Å²) >= 11 is 0. The van der Waals surface area contributed by atoms with Gasteiger partial charge >= 0.3 is 0 Å². The molecule has 20 heavy (non-hydrogen) atoms. The topological polar surface area (TPSA) is 61.3 Å². The molecule has 0 aliphatic heterocycles. The molecule has 1 aromatic rings. The quantitative estimate of drug-likeness (QED) is 0.865. The number of nitrogens with one attached hydrogen (secondary N) is 1. The van der Waals surface area contributed by atoms with Gasteiger partial charge < -0.3 is 15.3 Å². The van der Waals surface area contributed by atoms with Gasteiger partial charge in [-0.3, -0.25) is 0 Å². The van der Waals surface area contributed by atoms with E-state index in [0.717, 1.165) is 18.7 Å². The average molecular weight is 278 g/mol. The molecule has 112 valence electrons. The van der Waals surface area contributed by atoms with Gasteiger partial charge in [-0.05, 0) is 31.7 Å². The molecule has 2 rings (SSSR count). The van der Waals surface area contributed by atoms with Crippen molar-refractivity contribution in [1.82, 2.24) is 9.97 Å². The lowest BCUT2D eigenvalue weighted by molar-refractivity contribution is -0.00457. The first-order chi connectivity index (χ1) is 9.49. The van der Waals surface area contributed by atoms with Crippen molar-refractivity contribution < 1.29 is 5.11 Å². The first-order valence-corrected chi connectivity index (χ1v) is 7.45. The van der Waals surface area contributed by atoms with E-state index >= 15 is 0 Å². The van der Waals surface area contributed by atoms with Crippen LogP contribution in [-0.2, 0) is 0 Å². The van der Waals surface area contributed by atoms with Gasteiger partial charge in [0.1, 0.15) is 5.82 Å². The highest BCUT2D eigenvalue weighted by Crippen LogP contribution is 2.32. The largest absolute Gasteiger partial charge is 0.388 e. The van der Waals surface area contributed by atoms with E-state index in [0.29, 0.717) is 18.4 Å². The Morgan fingerprint density at radius 3 is 2.70 bits per heavy atom. The van der Waals surface area contributed by atoms with Crippen LogP contribution in [0.3, 0.4) is 0 Å². The van der Waals surface area contributed by atoms with E-state index in [1.165, 1.54) is 19.3 Å². The Labute approximate surface area is 121 Å². The van der Waals surface area contributed by atoms with Gasteiger partial charge in [0.15, 0.2) is 0 Å². The van der Waals surface area contributed by atoms with Gasteiger partial charge in [-0.25, -0.2) is 4.98 Å². The van der Waals surface area contributed by atoms with Gasteiger partial charge in [-0.1, -0.05) is 19.3 Å². The van der Waals surface area contributed by atoms with Crippen LogP contribution in [-0.4, -0.2) is 41.3 Å². The van der Waals surface area contributed by atoms with Crippen LogP contribution in [0, 0.1) is 5.92 Å². The van der Waals surface area contributed by atoms with Gasteiger partial charge in [-0.2, -0.15) is 4.98 Å². The second-order valence-electron chi connectivity index (χ2n) is 6.18. The van der Waals surface area contributed by atoms with E-state index in [1.807, 2.05) is 32.0 Å². The maximum atomic E-state index is 10.7. The van der Waals surface area contributed by atoms with E-state index in [-0.39, 0.29) is 0 Å². The van der Waals surface area contributed by atoms with Crippen molar-refractivity contribution in [2.45, 2.75) is 44.6 Å². The molecule has 1 aliphatic carbocycles.